The maximum absolute atomic E-state index is 12.0. The summed E-state index contributed by atoms with van der Waals surface area (Å²) in [6.45, 7) is -0.402. The first-order chi connectivity index (χ1) is 9.20. The van der Waals surface area contributed by atoms with E-state index >= 15 is 0 Å². The molecule has 100 valence electrons. The Morgan fingerprint density at radius 1 is 1.11 bits per heavy atom. The molecule has 1 aromatic carbocycles. The van der Waals surface area contributed by atoms with Crippen LogP contribution in [0, 0.1) is 0 Å². The third-order valence-corrected chi connectivity index (χ3v) is 3.43. The van der Waals surface area contributed by atoms with E-state index in [1.165, 1.54) is 0 Å². The van der Waals surface area contributed by atoms with Gasteiger partial charge in [-0.2, -0.15) is 0 Å². The molecule has 2 aromatic rings. The minimum Gasteiger partial charge on any atom is -0.255 e. The van der Waals surface area contributed by atoms with Crippen molar-refractivity contribution in [2.75, 3.05) is 12.9 Å². The van der Waals surface area contributed by atoms with Crippen molar-refractivity contribution >= 4 is 10.8 Å². The lowest BCUT2D eigenvalue weighted by molar-refractivity contribution is 0.467. The van der Waals surface area contributed by atoms with Crippen molar-refractivity contribution in [3.63, 3.8) is 0 Å². The highest BCUT2D eigenvalue weighted by atomic mass is 32.2. The highest BCUT2D eigenvalue weighted by Crippen LogP contribution is 2.15. The Bertz CT molecular complexity index is 559. The Morgan fingerprint density at radius 3 is 2.26 bits per heavy atom. The summed E-state index contributed by atoms with van der Waals surface area (Å²) in [5, 5.41) is 15.7. The average molecular weight is 280 g/mol. The predicted molar refractivity (Wildman–Crippen MR) is 69.7 cm³/mol. The summed E-state index contributed by atoms with van der Waals surface area (Å²) < 4.78 is 23.3. The minimum atomic E-state index is -1.01. The summed E-state index contributed by atoms with van der Waals surface area (Å²) in [7, 11) is -1.01. The number of rotatable bonds is 5. The molecular weight excluding hydrogens is 267 g/mol. The second kappa shape index (κ2) is 6.42. The molecule has 0 aliphatic carbocycles. The molecule has 0 spiro atoms. The molecule has 1 atom stereocenters. The van der Waals surface area contributed by atoms with Crippen molar-refractivity contribution in [2.45, 2.75) is 17.7 Å². The van der Waals surface area contributed by atoms with Gasteiger partial charge in [0.05, 0.1) is 6.67 Å². The molecule has 1 aromatic heterocycles. The van der Waals surface area contributed by atoms with Gasteiger partial charge in [0.1, 0.15) is 0 Å². The first kappa shape index (κ1) is 13.7. The fourth-order valence-corrected chi connectivity index (χ4v) is 2.01. The summed E-state index contributed by atoms with van der Waals surface area (Å²) in [6, 6.07) is 7.06. The lowest BCUT2D eigenvalue weighted by Crippen LogP contribution is -2.03. The quantitative estimate of drug-likeness (QED) is 0.831. The van der Waals surface area contributed by atoms with E-state index in [-0.39, 0.29) is 0 Å². The zero-order valence-electron chi connectivity index (χ0n) is 10.4. The molecule has 1 unspecified atom stereocenters. The lowest BCUT2D eigenvalue weighted by Gasteiger charge is -2.01. The van der Waals surface area contributed by atoms with E-state index in [0.29, 0.717) is 24.5 Å². The van der Waals surface area contributed by atoms with E-state index in [4.69, 9.17) is 0 Å². The number of alkyl halides is 1. The molecule has 7 heteroatoms. The number of hydrogen-bond donors (Lipinski definition) is 0. The van der Waals surface area contributed by atoms with Crippen molar-refractivity contribution in [3.8, 4) is 11.4 Å². The lowest BCUT2D eigenvalue weighted by atomic mass is 10.2. The highest BCUT2D eigenvalue weighted by Gasteiger charge is 2.05. The first-order valence-corrected chi connectivity index (χ1v) is 7.32. The van der Waals surface area contributed by atoms with Crippen LogP contribution in [0.5, 0.6) is 0 Å². The SMILES string of the molecule is CS(=O)c1ccc(-c2nnc(CCCF)nn2)cc1. The summed E-state index contributed by atoms with van der Waals surface area (Å²) in [6.07, 6.45) is 2.43. The van der Waals surface area contributed by atoms with E-state index < -0.39 is 17.5 Å². The largest absolute Gasteiger partial charge is 0.255 e. The van der Waals surface area contributed by atoms with Crippen LogP contribution in [0.15, 0.2) is 29.2 Å². The van der Waals surface area contributed by atoms with Crippen LogP contribution in [0.2, 0.25) is 0 Å². The highest BCUT2D eigenvalue weighted by molar-refractivity contribution is 7.84. The molecule has 5 nitrogen and oxygen atoms in total. The van der Waals surface area contributed by atoms with E-state index in [1.54, 1.807) is 30.5 Å². The number of halogens is 1. The molecule has 1 heterocycles. The van der Waals surface area contributed by atoms with Gasteiger partial charge >= 0.3 is 0 Å². The van der Waals surface area contributed by atoms with Crippen LogP contribution in [0.3, 0.4) is 0 Å². The molecule has 2 rings (SSSR count). The molecule has 0 aliphatic heterocycles. The molecule has 0 saturated carbocycles. The molecule has 19 heavy (non-hydrogen) atoms. The van der Waals surface area contributed by atoms with Gasteiger partial charge in [-0.3, -0.25) is 8.60 Å². The summed E-state index contributed by atoms with van der Waals surface area (Å²) in [5.41, 5.74) is 0.756. The van der Waals surface area contributed by atoms with Crippen molar-refractivity contribution < 1.29 is 8.60 Å². The van der Waals surface area contributed by atoms with Crippen LogP contribution in [0.4, 0.5) is 4.39 Å². The third-order valence-electron chi connectivity index (χ3n) is 2.50. The fraction of sp³-hybridized carbons (Fsp3) is 0.333. The van der Waals surface area contributed by atoms with Crippen molar-refractivity contribution in [2.24, 2.45) is 0 Å². The Kier molecular flexibility index (Phi) is 4.62. The van der Waals surface area contributed by atoms with E-state index in [2.05, 4.69) is 20.4 Å². The number of aryl methyl sites for hydroxylation is 1. The van der Waals surface area contributed by atoms with Gasteiger partial charge in [0, 0.05) is 33.9 Å². The zero-order chi connectivity index (χ0) is 13.7. The Hall–Kier alpha value is -1.76. The van der Waals surface area contributed by atoms with Crippen molar-refractivity contribution in [3.05, 3.63) is 30.1 Å². The molecular formula is C12H13FN4OS. The Morgan fingerprint density at radius 2 is 1.74 bits per heavy atom. The van der Waals surface area contributed by atoms with Gasteiger partial charge in [0.2, 0.25) is 5.82 Å². The first-order valence-electron chi connectivity index (χ1n) is 5.77. The van der Waals surface area contributed by atoms with E-state index in [1.807, 2.05) is 0 Å². The van der Waals surface area contributed by atoms with Gasteiger partial charge in [0.25, 0.3) is 0 Å². The van der Waals surface area contributed by atoms with Gasteiger partial charge in [-0.15, -0.1) is 20.4 Å². The third kappa shape index (κ3) is 3.60. The molecule has 0 fully saturated rings. The van der Waals surface area contributed by atoms with Crippen molar-refractivity contribution in [1.82, 2.24) is 20.4 Å². The van der Waals surface area contributed by atoms with Gasteiger partial charge < -0.3 is 0 Å². The Labute approximate surface area is 112 Å². The van der Waals surface area contributed by atoms with E-state index in [9.17, 15) is 8.60 Å². The second-order valence-electron chi connectivity index (χ2n) is 3.91. The molecule has 0 aliphatic rings. The van der Waals surface area contributed by atoms with Crippen LogP contribution in [0.1, 0.15) is 12.2 Å². The second-order valence-corrected chi connectivity index (χ2v) is 5.29. The van der Waals surface area contributed by atoms with E-state index in [0.717, 1.165) is 10.5 Å². The number of nitrogens with zero attached hydrogens (tertiary/aromatic N) is 4. The molecule has 0 radical (unpaired) electrons. The molecule has 0 amide bonds. The Balaban J connectivity index is 2.15. The predicted octanol–water partition coefficient (Wildman–Crippen LogP) is 1.57. The van der Waals surface area contributed by atoms with Crippen LogP contribution in [-0.2, 0) is 17.2 Å². The summed E-state index contributed by atoms with van der Waals surface area (Å²) >= 11 is 0. The summed E-state index contributed by atoms with van der Waals surface area (Å²) in [5.74, 6) is 0.838. The van der Waals surface area contributed by atoms with Crippen LogP contribution in [-0.4, -0.2) is 37.5 Å². The van der Waals surface area contributed by atoms with Gasteiger partial charge in [-0.25, -0.2) is 0 Å². The van der Waals surface area contributed by atoms with Gasteiger partial charge in [0.15, 0.2) is 5.82 Å². The average Bonchev–Trinajstić information content (AvgIpc) is 2.46. The number of benzene rings is 1. The molecule has 0 bridgehead atoms. The summed E-state index contributed by atoms with van der Waals surface area (Å²) in [4.78, 5) is 0.740. The number of aromatic nitrogens is 4. The smallest absolute Gasteiger partial charge is 0.203 e. The minimum absolute atomic E-state index is 0.375. The topological polar surface area (TPSA) is 68.6 Å². The molecule has 0 N–H and O–H groups in total. The standard InChI is InChI=1S/C12H13FN4OS/c1-19(18)10-6-4-9(5-7-10)12-16-14-11(15-17-12)3-2-8-13/h4-7H,2-3,8H2,1H3. The van der Waals surface area contributed by atoms with Crippen molar-refractivity contribution in [1.29, 1.82) is 0 Å². The van der Waals surface area contributed by atoms with Crippen LogP contribution < -0.4 is 0 Å². The normalized spacial score (nSPS) is 12.3. The van der Waals surface area contributed by atoms with Gasteiger partial charge in [-0.05, 0) is 30.7 Å². The monoisotopic (exact) mass is 280 g/mol. The molecule has 0 saturated heterocycles. The van der Waals surface area contributed by atoms with Gasteiger partial charge in [-0.1, -0.05) is 0 Å². The van der Waals surface area contributed by atoms with Crippen LogP contribution >= 0.6 is 0 Å². The maximum Gasteiger partial charge on any atom is 0.203 e. The fourth-order valence-electron chi connectivity index (χ4n) is 1.49. The zero-order valence-corrected chi connectivity index (χ0v) is 11.2. The maximum atomic E-state index is 12.0. The number of hydrogen-bond acceptors (Lipinski definition) is 5. The van der Waals surface area contributed by atoms with Crippen LogP contribution in [0.25, 0.3) is 11.4 Å².